The Morgan fingerprint density at radius 1 is 0.512 bits per heavy atom. The number of pyridine rings is 4. The highest BCUT2D eigenvalue weighted by Gasteiger charge is 2.26. The predicted octanol–water partition coefficient (Wildman–Crippen LogP) is 9.22. The van der Waals surface area contributed by atoms with Gasteiger partial charge in [-0.2, -0.15) is 27.5 Å². The van der Waals surface area contributed by atoms with Crippen LogP contribution < -0.4 is 4.90 Å². The molecule has 43 heavy (non-hydrogen) atoms. The molecule has 0 radical (unpaired) electrons. The largest absolute Gasteiger partial charge is 0.279 e. The van der Waals surface area contributed by atoms with Crippen LogP contribution >= 0.6 is 0 Å². The number of halogens is 4. The van der Waals surface area contributed by atoms with E-state index in [1.165, 1.54) is 12.1 Å². The van der Waals surface area contributed by atoms with Crippen LogP contribution in [0.25, 0.3) is 22.5 Å². The lowest BCUT2D eigenvalue weighted by molar-refractivity contribution is 0.514. The van der Waals surface area contributed by atoms with Gasteiger partial charge in [-0.15, -0.1) is 0 Å². The van der Waals surface area contributed by atoms with Crippen molar-refractivity contribution in [1.29, 1.82) is 0 Å². The van der Waals surface area contributed by atoms with Crippen LogP contribution in [0.1, 0.15) is 52.7 Å². The van der Waals surface area contributed by atoms with Crippen molar-refractivity contribution in [3.8, 4) is 22.5 Å². The average molecular weight is 586 g/mol. The van der Waals surface area contributed by atoms with Gasteiger partial charge in [-0.25, -0.2) is 9.97 Å². The highest BCUT2D eigenvalue weighted by molar-refractivity contribution is 5.77. The summed E-state index contributed by atoms with van der Waals surface area (Å²) >= 11 is 0. The van der Waals surface area contributed by atoms with Crippen molar-refractivity contribution in [2.45, 2.75) is 52.4 Å². The van der Waals surface area contributed by atoms with Gasteiger partial charge in [0.1, 0.15) is 11.6 Å². The van der Waals surface area contributed by atoms with Crippen molar-refractivity contribution in [1.82, 2.24) is 19.9 Å². The summed E-state index contributed by atoms with van der Waals surface area (Å²) in [7, 11) is 0. The minimum atomic E-state index is -0.981. The predicted molar refractivity (Wildman–Crippen MR) is 160 cm³/mol. The van der Waals surface area contributed by atoms with E-state index in [2.05, 4.69) is 9.97 Å². The van der Waals surface area contributed by atoms with Crippen molar-refractivity contribution in [2.24, 2.45) is 0 Å². The molecule has 0 N–H and O–H groups in total. The maximum absolute atomic E-state index is 14.9. The van der Waals surface area contributed by atoms with E-state index in [1.807, 2.05) is 84.0 Å². The van der Waals surface area contributed by atoms with Gasteiger partial charge in [0.2, 0.25) is 23.8 Å². The first-order valence-corrected chi connectivity index (χ1v) is 13.8. The van der Waals surface area contributed by atoms with Gasteiger partial charge in [0, 0.05) is 5.69 Å². The third kappa shape index (κ3) is 6.40. The zero-order valence-corrected chi connectivity index (χ0v) is 24.8. The van der Waals surface area contributed by atoms with Gasteiger partial charge in [0.05, 0.1) is 22.5 Å². The van der Waals surface area contributed by atoms with E-state index >= 15 is 0 Å². The topological polar surface area (TPSA) is 54.8 Å². The standard InChI is InChI=1S/C34H31F4N5/c1-33(2,3)20-16-25(23-12-14-27(35)41-31(23)37)39-29(18-20)43(22-10-8-7-9-11-22)30-19-21(34(4,5)6)17-26(40-30)24-13-15-28(36)42-32(24)38/h7-19H,1-6H3. The molecule has 220 valence electrons. The second-order valence-electron chi connectivity index (χ2n) is 12.3. The number of hydrogen-bond donors (Lipinski definition) is 0. The maximum Gasteiger partial charge on any atom is 0.224 e. The first kappa shape index (κ1) is 29.8. The summed E-state index contributed by atoms with van der Waals surface area (Å²) in [6.07, 6.45) is 0. The van der Waals surface area contributed by atoms with E-state index in [1.54, 1.807) is 17.0 Å². The van der Waals surface area contributed by atoms with Gasteiger partial charge in [-0.05, 0) is 82.6 Å². The fourth-order valence-corrected chi connectivity index (χ4v) is 4.57. The van der Waals surface area contributed by atoms with E-state index in [-0.39, 0.29) is 33.3 Å². The van der Waals surface area contributed by atoms with Crippen LogP contribution in [0.5, 0.6) is 0 Å². The van der Waals surface area contributed by atoms with E-state index in [4.69, 9.17) is 9.97 Å². The molecule has 4 aromatic heterocycles. The summed E-state index contributed by atoms with van der Waals surface area (Å²) in [5.41, 5.74) is 2.18. The minimum absolute atomic E-state index is 0.0401. The number of para-hydroxylation sites is 1. The summed E-state index contributed by atoms with van der Waals surface area (Å²) in [5.74, 6) is -3.02. The molecule has 0 unspecified atom stereocenters. The van der Waals surface area contributed by atoms with Crippen molar-refractivity contribution in [3.05, 3.63) is 114 Å². The number of rotatable bonds is 5. The van der Waals surface area contributed by atoms with Gasteiger partial charge < -0.3 is 0 Å². The van der Waals surface area contributed by atoms with E-state index < -0.39 is 23.8 Å². The second-order valence-corrected chi connectivity index (χ2v) is 12.3. The molecule has 0 saturated carbocycles. The average Bonchev–Trinajstić information content (AvgIpc) is 2.92. The summed E-state index contributed by atoms with van der Waals surface area (Å²) in [5, 5.41) is 0. The number of nitrogens with zero attached hydrogens (tertiary/aromatic N) is 5. The molecule has 5 nitrogen and oxygen atoms in total. The molecule has 4 heterocycles. The molecule has 0 amide bonds. The monoisotopic (exact) mass is 585 g/mol. The van der Waals surface area contributed by atoms with Crippen LogP contribution in [0.15, 0.2) is 78.9 Å². The normalized spacial score (nSPS) is 12.0. The molecular weight excluding hydrogens is 554 g/mol. The number of aromatic nitrogens is 4. The smallest absolute Gasteiger partial charge is 0.224 e. The molecule has 0 saturated heterocycles. The maximum atomic E-state index is 14.9. The number of anilines is 3. The van der Waals surface area contributed by atoms with E-state index in [9.17, 15) is 17.6 Å². The molecule has 0 spiro atoms. The highest BCUT2D eigenvalue weighted by Crippen LogP contribution is 2.40. The fraction of sp³-hybridized carbons (Fsp3) is 0.235. The zero-order chi connectivity index (χ0) is 31.1. The Hall–Kier alpha value is -4.66. The Bertz CT molecular complexity index is 1680. The molecule has 5 rings (SSSR count). The van der Waals surface area contributed by atoms with Crippen LogP contribution in [0.2, 0.25) is 0 Å². The Labute approximate surface area is 248 Å². The summed E-state index contributed by atoms with van der Waals surface area (Å²) in [6, 6.07) is 21.4. The lowest BCUT2D eigenvalue weighted by Crippen LogP contribution is -2.19. The van der Waals surface area contributed by atoms with Crippen LogP contribution in [0.3, 0.4) is 0 Å². The summed E-state index contributed by atoms with van der Waals surface area (Å²) < 4.78 is 57.3. The SMILES string of the molecule is CC(C)(C)c1cc(-c2ccc(F)nc2F)nc(N(c2ccccc2)c2cc(C(C)(C)C)cc(-c3ccc(F)nc3F)n2)c1. The number of hydrogen-bond acceptors (Lipinski definition) is 5. The van der Waals surface area contributed by atoms with Crippen LogP contribution in [-0.2, 0) is 10.8 Å². The first-order valence-electron chi connectivity index (χ1n) is 13.8. The summed E-state index contributed by atoms with van der Waals surface area (Å²) in [4.78, 5) is 18.2. The molecule has 0 fully saturated rings. The lowest BCUT2D eigenvalue weighted by atomic mass is 9.86. The molecule has 0 aliphatic carbocycles. The molecular formula is C34H31F4N5. The van der Waals surface area contributed by atoms with E-state index in [0.29, 0.717) is 17.3 Å². The molecule has 0 aliphatic rings. The van der Waals surface area contributed by atoms with Gasteiger partial charge in [0.25, 0.3) is 0 Å². The fourth-order valence-electron chi connectivity index (χ4n) is 4.57. The van der Waals surface area contributed by atoms with Crippen molar-refractivity contribution < 1.29 is 17.6 Å². The Morgan fingerprint density at radius 3 is 1.30 bits per heavy atom. The van der Waals surface area contributed by atoms with Crippen LogP contribution in [0.4, 0.5) is 34.9 Å². The highest BCUT2D eigenvalue weighted by atomic mass is 19.1. The van der Waals surface area contributed by atoms with Gasteiger partial charge in [-0.3, -0.25) is 4.90 Å². The van der Waals surface area contributed by atoms with E-state index in [0.717, 1.165) is 23.3 Å². The first-order chi connectivity index (χ1) is 20.2. The molecule has 0 aliphatic heterocycles. The molecule has 1 aromatic carbocycles. The van der Waals surface area contributed by atoms with Crippen molar-refractivity contribution in [2.75, 3.05) is 4.90 Å². The lowest BCUT2D eigenvalue weighted by Gasteiger charge is -2.29. The van der Waals surface area contributed by atoms with Gasteiger partial charge in [-0.1, -0.05) is 59.7 Å². The number of benzene rings is 1. The van der Waals surface area contributed by atoms with Crippen molar-refractivity contribution >= 4 is 17.3 Å². The van der Waals surface area contributed by atoms with Crippen LogP contribution in [0, 0.1) is 23.8 Å². The molecule has 5 aromatic rings. The second kappa shape index (κ2) is 11.2. The Morgan fingerprint density at radius 2 is 0.930 bits per heavy atom. The molecule has 0 bridgehead atoms. The third-order valence-electron chi connectivity index (χ3n) is 7.01. The summed E-state index contributed by atoms with van der Waals surface area (Å²) in [6.45, 7) is 12.1. The quantitative estimate of drug-likeness (QED) is 0.152. The van der Waals surface area contributed by atoms with Gasteiger partial charge >= 0.3 is 0 Å². The van der Waals surface area contributed by atoms with Crippen LogP contribution in [-0.4, -0.2) is 19.9 Å². The van der Waals surface area contributed by atoms with Gasteiger partial charge in [0.15, 0.2) is 0 Å². The molecule has 9 heteroatoms. The zero-order valence-electron chi connectivity index (χ0n) is 24.8. The Balaban J connectivity index is 1.82. The Kier molecular flexibility index (Phi) is 7.77. The molecule has 0 atom stereocenters. The third-order valence-corrected chi connectivity index (χ3v) is 7.01. The van der Waals surface area contributed by atoms with Crippen molar-refractivity contribution in [3.63, 3.8) is 0 Å². The minimum Gasteiger partial charge on any atom is -0.279 e.